The van der Waals surface area contributed by atoms with Gasteiger partial charge < -0.3 is 9.26 Å². The Morgan fingerprint density at radius 2 is 1.82 bits per heavy atom. The second-order valence-corrected chi connectivity index (χ2v) is 9.62. The van der Waals surface area contributed by atoms with E-state index >= 15 is 0 Å². The molecule has 1 aliphatic heterocycles. The molecule has 4 rings (SSSR count). The normalized spacial score (nSPS) is 14.9. The van der Waals surface area contributed by atoms with E-state index in [1.165, 1.54) is 11.8 Å². The van der Waals surface area contributed by atoms with Gasteiger partial charge in [-0.15, -0.1) is 0 Å². The molecule has 2 heterocycles. The van der Waals surface area contributed by atoms with Crippen LogP contribution < -0.4 is 9.64 Å². The molecule has 7 nitrogen and oxygen atoms in total. The van der Waals surface area contributed by atoms with Gasteiger partial charge in [0, 0.05) is 6.42 Å². The highest BCUT2D eigenvalue weighted by molar-refractivity contribution is 8.13. The van der Waals surface area contributed by atoms with Crippen molar-refractivity contribution >= 4 is 34.6 Å². The predicted molar refractivity (Wildman–Crippen MR) is 136 cm³/mol. The molecule has 0 fully saturated rings. The van der Waals surface area contributed by atoms with Crippen LogP contribution >= 0.6 is 11.8 Å². The average Bonchev–Trinajstić information content (AvgIpc) is 3.35. The number of anilines is 1. The summed E-state index contributed by atoms with van der Waals surface area (Å²) in [6.07, 6.45) is 2.53. The molecule has 0 saturated carbocycles. The van der Waals surface area contributed by atoms with E-state index in [4.69, 9.17) is 14.3 Å². The van der Waals surface area contributed by atoms with Crippen LogP contribution in [-0.4, -0.2) is 28.3 Å². The Kier molecular flexibility index (Phi) is 7.17. The van der Waals surface area contributed by atoms with Crippen molar-refractivity contribution in [2.45, 2.75) is 39.9 Å². The van der Waals surface area contributed by atoms with Crippen LogP contribution in [-0.2, 0) is 17.0 Å². The number of carbonyl (C=O) groups excluding carboxylic acids is 1. The second-order valence-electron chi connectivity index (χ2n) is 8.67. The van der Waals surface area contributed by atoms with Crippen molar-refractivity contribution in [3.63, 3.8) is 0 Å². The maximum absolute atomic E-state index is 13.5. The van der Waals surface area contributed by atoms with E-state index in [1.54, 1.807) is 18.1 Å². The van der Waals surface area contributed by atoms with Crippen molar-refractivity contribution in [2.75, 3.05) is 12.0 Å². The molecular formula is C26H28N4O3S. The number of aromatic nitrogens is 2. The van der Waals surface area contributed by atoms with Crippen LogP contribution in [0.15, 0.2) is 57.7 Å². The molecule has 3 aromatic rings. The fourth-order valence-corrected chi connectivity index (χ4v) is 4.52. The Morgan fingerprint density at radius 1 is 1.12 bits per heavy atom. The van der Waals surface area contributed by atoms with Crippen molar-refractivity contribution in [1.82, 2.24) is 10.1 Å². The van der Waals surface area contributed by atoms with Gasteiger partial charge in [0.25, 0.3) is 5.91 Å². The number of hydrogen-bond donors (Lipinski definition) is 0. The first kappa shape index (κ1) is 23.8. The maximum Gasteiger partial charge on any atom is 0.283 e. The lowest BCUT2D eigenvalue weighted by Gasteiger charge is -2.18. The minimum atomic E-state index is -0.170. The van der Waals surface area contributed by atoms with E-state index in [2.05, 4.69) is 30.1 Å². The summed E-state index contributed by atoms with van der Waals surface area (Å²) in [6, 6.07) is 13.6. The number of nitrogens with zero attached hydrogens (tertiary/aromatic N) is 4. The maximum atomic E-state index is 13.5. The zero-order valence-electron chi connectivity index (χ0n) is 20.0. The summed E-state index contributed by atoms with van der Waals surface area (Å²) in [4.78, 5) is 24.3. The summed E-state index contributed by atoms with van der Waals surface area (Å²) in [5.74, 6) is 2.68. The van der Waals surface area contributed by atoms with Gasteiger partial charge in [-0.2, -0.15) is 4.98 Å². The van der Waals surface area contributed by atoms with Gasteiger partial charge >= 0.3 is 0 Å². The van der Waals surface area contributed by atoms with Crippen LogP contribution in [0.25, 0.3) is 6.08 Å². The van der Waals surface area contributed by atoms with Gasteiger partial charge in [0.2, 0.25) is 5.89 Å². The fraction of sp³-hybridized carbons (Fsp3) is 0.308. The van der Waals surface area contributed by atoms with Crippen molar-refractivity contribution < 1.29 is 14.1 Å². The average molecular weight is 477 g/mol. The van der Waals surface area contributed by atoms with E-state index < -0.39 is 0 Å². The van der Waals surface area contributed by atoms with Crippen molar-refractivity contribution in [1.29, 1.82) is 0 Å². The number of thioether (sulfide) groups is 1. The largest absolute Gasteiger partial charge is 0.497 e. The molecule has 0 radical (unpaired) electrons. The number of aliphatic imine (C=N–C) groups is 1. The number of benzene rings is 2. The Bertz CT molecular complexity index is 1220. The summed E-state index contributed by atoms with van der Waals surface area (Å²) in [5, 5.41) is 4.67. The van der Waals surface area contributed by atoms with Crippen LogP contribution in [0.3, 0.4) is 0 Å². The molecule has 0 spiro atoms. The molecule has 0 atom stereocenters. The van der Waals surface area contributed by atoms with E-state index in [0.717, 1.165) is 34.5 Å². The van der Waals surface area contributed by atoms with E-state index in [9.17, 15) is 4.79 Å². The van der Waals surface area contributed by atoms with E-state index in [-0.39, 0.29) is 5.91 Å². The molecule has 0 saturated heterocycles. The highest BCUT2D eigenvalue weighted by Gasteiger charge is 2.32. The Morgan fingerprint density at radius 3 is 2.47 bits per heavy atom. The third-order valence-corrected chi connectivity index (χ3v) is 6.07. The number of amidine groups is 1. The summed E-state index contributed by atoms with van der Waals surface area (Å²) in [6.45, 7) is 8.25. The third kappa shape index (κ3) is 5.56. The highest BCUT2D eigenvalue weighted by Crippen LogP contribution is 2.32. The van der Waals surface area contributed by atoms with Gasteiger partial charge in [0.05, 0.1) is 18.6 Å². The summed E-state index contributed by atoms with van der Waals surface area (Å²) < 4.78 is 10.6. The van der Waals surface area contributed by atoms with Gasteiger partial charge in [-0.1, -0.05) is 49.0 Å². The number of aryl methyl sites for hydroxylation is 2. The molecule has 0 aliphatic carbocycles. The summed E-state index contributed by atoms with van der Waals surface area (Å²) in [7, 11) is 1.62. The quantitative estimate of drug-likeness (QED) is 0.415. The Balaban J connectivity index is 1.63. The lowest BCUT2D eigenvalue weighted by molar-refractivity contribution is -0.113. The number of rotatable bonds is 7. The Labute approximate surface area is 203 Å². The van der Waals surface area contributed by atoms with Crippen molar-refractivity contribution in [3.05, 3.63) is 76.6 Å². The monoisotopic (exact) mass is 476 g/mol. The first-order chi connectivity index (χ1) is 16.3. The molecule has 2 aromatic carbocycles. The minimum Gasteiger partial charge on any atom is -0.497 e. The first-order valence-corrected chi connectivity index (χ1v) is 12.1. The lowest BCUT2D eigenvalue weighted by Crippen LogP contribution is -2.30. The molecule has 1 aliphatic rings. The number of methoxy groups -OCH3 is 1. The lowest BCUT2D eigenvalue weighted by atomic mass is 10.1. The van der Waals surface area contributed by atoms with Crippen LogP contribution in [0.4, 0.5) is 5.69 Å². The highest BCUT2D eigenvalue weighted by atomic mass is 32.2. The predicted octanol–water partition coefficient (Wildman–Crippen LogP) is 5.57. The molecule has 8 heteroatoms. The zero-order valence-corrected chi connectivity index (χ0v) is 20.8. The van der Waals surface area contributed by atoms with Gasteiger partial charge in [0.15, 0.2) is 11.0 Å². The van der Waals surface area contributed by atoms with Crippen molar-refractivity contribution in [2.24, 2.45) is 10.9 Å². The van der Waals surface area contributed by atoms with E-state index in [1.807, 2.05) is 50.2 Å². The number of hydrogen-bond acceptors (Lipinski definition) is 7. The molecular weight excluding hydrogens is 448 g/mol. The molecule has 1 aromatic heterocycles. The summed E-state index contributed by atoms with van der Waals surface area (Å²) in [5.41, 5.74) is 4.20. The summed E-state index contributed by atoms with van der Waals surface area (Å²) >= 11 is 1.42. The SMILES string of the molecule is COc1ccc(C=C2N=C(SCc3noc(CC(C)C)n3)N(c3cc(C)cc(C)c3)C2=O)cc1. The van der Waals surface area contributed by atoms with Crippen LogP contribution in [0, 0.1) is 19.8 Å². The van der Waals surface area contributed by atoms with Crippen molar-refractivity contribution in [3.8, 4) is 5.75 Å². The standard InChI is InChI=1S/C26H28N4O3S/c1-16(2)10-24-28-23(29-33-24)15-34-26-27-22(14-19-6-8-21(32-5)9-7-19)25(31)30(26)20-12-17(3)11-18(4)13-20/h6-9,11-14,16H,10,15H2,1-5H3. The van der Waals surface area contributed by atoms with Gasteiger partial charge in [-0.25, -0.2) is 4.99 Å². The van der Waals surface area contributed by atoms with Gasteiger partial charge in [-0.05, 0) is 66.8 Å². The molecule has 1 amide bonds. The number of amides is 1. The smallest absolute Gasteiger partial charge is 0.283 e. The second kappa shape index (κ2) is 10.3. The van der Waals surface area contributed by atoms with Crippen LogP contribution in [0.2, 0.25) is 0 Å². The van der Waals surface area contributed by atoms with Crippen LogP contribution in [0.1, 0.15) is 42.3 Å². The number of carbonyl (C=O) groups is 1. The molecule has 34 heavy (non-hydrogen) atoms. The Hall–Kier alpha value is -3.39. The van der Waals surface area contributed by atoms with Crippen LogP contribution in [0.5, 0.6) is 5.75 Å². The number of ether oxygens (including phenoxy) is 1. The topological polar surface area (TPSA) is 80.8 Å². The van der Waals surface area contributed by atoms with Gasteiger partial charge in [-0.3, -0.25) is 9.69 Å². The molecule has 0 N–H and O–H groups in total. The molecule has 0 unspecified atom stereocenters. The molecule has 176 valence electrons. The van der Waals surface area contributed by atoms with E-state index in [0.29, 0.717) is 34.3 Å². The first-order valence-electron chi connectivity index (χ1n) is 11.1. The fourth-order valence-electron chi connectivity index (χ4n) is 3.67. The minimum absolute atomic E-state index is 0.170. The third-order valence-electron chi connectivity index (χ3n) is 5.14. The van der Waals surface area contributed by atoms with Gasteiger partial charge in [0.1, 0.15) is 11.4 Å². The molecule has 0 bridgehead atoms. The zero-order chi connectivity index (χ0) is 24.2.